The lowest BCUT2D eigenvalue weighted by Crippen LogP contribution is -2.41. The Morgan fingerprint density at radius 1 is 0.923 bits per heavy atom. The van der Waals surface area contributed by atoms with Crippen molar-refractivity contribution in [2.24, 2.45) is 0 Å². The highest BCUT2D eigenvalue weighted by Crippen LogP contribution is 2.30. The monoisotopic (exact) mass is 371 g/mol. The van der Waals surface area contributed by atoms with E-state index in [2.05, 4.69) is 15.8 Å². The topological polar surface area (TPSA) is 92.5 Å². The maximum atomic E-state index is 12.2. The second kappa shape index (κ2) is 6.61. The number of fused-ring (bicyclic) bond motifs is 2. The van der Waals surface area contributed by atoms with Crippen molar-refractivity contribution >= 4 is 34.3 Å². The molecule has 0 fully saturated rings. The number of hydrogen-bond acceptors (Lipinski definition) is 4. The fraction of sp³-hybridized carbons (Fsp3) is 0.111. The average molecular weight is 372 g/mol. The van der Waals surface area contributed by atoms with Crippen molar-refractivity contribution in [1.29, 1.82) is 0 Å². The van der Waals surface area contributed by atoms with E-state index in [4.69, 9.17) is 21.1 Å². The molecule has 0 bridgehead atoms. The molecule has 3 aromatic rings. The van der Waals surface area contributed by atoms with Gasteiger partial charge in [-0.25, -0.2) is 0 Å². The molecule has 0 saturated heterocycles. The molecule has 0 atom stereocenters. The van der Waals surface area contributed by atoms with Crippen LogP contribution in [0.2, 0.25) is 5.02 Å². The quantitative estimate of drug-likeness (QED) is 0.604. The smallest absolute Gasteiger partial charge is 0.286 e. The molecule has 132 valence electrons. The molecular weight excluding hydrogens is 358 g/mol. The van der Waals surface area contributed by atoms with Crippen LogP contribution in [0.1, 0.15) is 20.8 Å². The minimum atomic E-state index is -0.469. The number of hydrazine groups is 1. The predicted molar refractivity (Wildman–Crippen MR) is 95.7 cm³/mol. The third-order valence-electron chi connectivity index (χ3n) is 3.92. The summed E-state index contributed by atoms with van der Waals surface area (Å²) in [6.45, 7) is 0.906. The summed E-state index contributed by atoms with van der Waals surface area (Å²) in [5.74, 6) is 0.161. The van der Waals surface area contributed by atoms with Crippen LogP contribution in [0, 0.1) is 0 Å². The standard InChI is InChI=1S/C18H14ClN3O4/c19-12-3-1-10-7-14(20-13(10)9-12)18(24)22-21-17(23)11-2-4-15-16(8-11)26-6-5-25-15/h1-4,7-9,20H,5-6H2,(H,21,23)(H,22,24). The Bertz CT molecular complexity index is 1010. The van der Waals surface area contributed by atoms with Crippen LogP contribution in [0.5, 0.6) is 11.5 Å². The normalized spacial score (nSPS) is 12.7. The molecule has 1 aliphatic heterocycles. The number of benzene rings is 2. The minimum absolute atomic E-state index is 0.310. The molecule has 7 nitrogen and oxygen atoms in total. The van der Waals surface area contributed by atoms with Crippen LogP contribution in [-0.2, 0) is 0 Å². The Kier molecular flexibility index (Phi) is 4.14. The summed E-state index contributed by atoms with van der Waals surface area (Å²) in [6.07, 6.45) is 0. The minimum Gasteiger partial charge on any atom is -0.486 e. The number of halogens is 1. The maximum absolute atomic E-state index is 12.2. The Morgan fingerprint density at radius 3 is 2.54 bits per heavy atom. The second-order valence-corrected chi connectivity index (χ2v) is 6.12. The van der Waals surface area contributed by atoms with Gasteiger partial charge in [0.2, 0.25) is 0 Å². The number of nitrogens with one attached hydrogen (secondary N) is 3. The molecule has 1 aromatic heterocycles. The van der Waals surface area contributed by atoms with Gasteiger partial charge in [0.05, 0.1) is 0 Å². The molecule has 0 aliphatic carbocycles. The lowest BCUT2D eigenvalue weighted by Gasteiger charge is -2.18. The highest BCUT2D eigenvalue weighted by Gasteiger charge is 2.16. The van der Waals surface area contributed by atoms with Gasteiger partial charge in [-0.05, 0) is 36.4 Å². The zero-order valence-electron chi connectivity index (χ0n) is 13.5. The van der Waals surface area contributed by atoms with E-state index in [0.717, 1.165) is 10.9 Å². The van der Waals surface area contributed by atoms with Crippen LogP contribution in [-0.4, -0.2) is 30.0 Å². The van der Waals surface area contributed by atoms with Gasteiger partial charge in [-0.2, -0.15) is 0 Å². The molecule has 0 unspecified atom stereocenters. The van der Waals surface area contributed by atoms with Gasteiger partial charge in [-0.15, -0.1) is 0 Å². The van der Waals surface area contributed by atoms with Crippen molar-refractivity contribution < 1.29 is 19.1 Å². The Labute approximate surface area is 153 Å². The van der Waals surface area contributed by atoms with E-state index in [1.165, 1.54) is 0 Å². The summed E-state index contributed by atoms with van der Waals surface area (Å²) in [5, 5.41) is 1.41. The summed E-state index contributed by atoms with van der Waals surface area (Å²) in [5.41, 5.74) is 6.15. The molecule has 2 aromatic carbocycles. The second-order valence-electron chi connectivity index (χ2n) is 5.68. The van der Waals surface area contributed by atoms with Crippen LogP contribution in [0.4, 0.5) is 0 Å². The van der Waals surface area contributed by atoms with Crippen LogP contribution in [0.15, 0.2) is 42.5 Å². The van der Waals surface area contributed by atoms with Crippen LogP contribution in [0.3, 0.4) is 0 Å². The third-order valence-corrected chi connectivity index (χ3v) is 4.16. The first-order valence-electron chi connectivity index (χ1n) is 7.89. The number of carbonyl (C=O) groups is 2. The first kappa shape index (κ1) is 16.3. The molecule has 0 saturated carbocycles. The van der Waals surface area contributed by atoms with Crippen LogP contribution >= 0.6 is 11.6 Å². The van der Waals surface area contributed by atoms with E-state index in [9.17, 15) is 9.59 Å². The molecule has 26 heavy (non-hydrogen) atoms. The number of aromatic nitrogens is 1. The molecule has 0 radical (unpaired) electrons. The van der Waals surface area contributed by atoms with Crippen molar-refractivity contribution in [2.45, 2.75) is 0 Å². The third kappa shape index (κ3) is 3.16. The Hall–Kier alpha value is -3.19. The number of H-pyrrole nitrogens is 1. The van der Waals surface area contributed by atoms with Gasteiger partial charge in [0.25, 0.3) is 11.8 Å². The number of hydrogen-bond donors (Lipinski definition) is 3. The molecule has 2 heterocycles. The number of rotatable bonds is 2. The maximum Gasteiger partial charge on any atom is 0.286 e. The molecular formula is C18H14ClN3O4. The van der Waals surface area contributed by atoms with Gasteiger partial charge in [-0.3, -0.25) is 20.4 Å². The predicted octanol–water partition coefficient (Wildman–Crippen LogP) is 2.67. The summed E-state index contributed by atoms with van der Waals surface area (Å²) >= 11 is 5.93. The molecule has 4 rings (SSSR count). The van der Waals surface area contributed by atoms with E-state index in [0.29, 0.717) is 41.0 Å². The average Bonchev–Trinajstić information content (AvgIpc) is 3.08. The lowest BCUT2D eigenvalue weighted by atomic mass is 10.2. The summed E-state index contributed by atoms with van der Waals surface area (Å²) in [7, 11) is 0. The van der Waals surface area contributed by atoms with Gasteiger partial charge in [0.15, 0.2) is 11.5 Å². The molecule has 3 N–H and O–H groups in total. The first-order chi connectivity index (χ1) is 12.6. The van der Waals surface area contributed by atoms with Crippen molar-refractivity contribution in [3.8, 4) is 11.5 Å². The van der Waals surface area contributed by atoms with Gasteiger partial charge in [-0.1, -0.05) is 17.7 Å². The molecule has 2 amide bonds. The number of aromatic amines is 1. The van der Waals surface area contributed by atoms with E-state index in [1.807, 2.05) is 0 Å². The summed E-state index contributed by atoms with van der Waals surface area (Å²) in [6, 6.07) is 11.8. The molecule has 8 heteroatoms. The van der Waals surface area contributed by atoms with Crippen LogP contribution in [0.25, 0.3) is 10.9 Å². The van der Waals surface area contributed by atoms with Gasteiger partial charge in [0.1, 0.15) is 18.9 Å². The van der Waals surface area contributed by atoms with Gasteiger partial charge < -0.3 is 14.5 Å². The van der Waals surface area contributed by atoms with E-state index < -0.39 is 11.8 Å². The number of carbonyl (C=O) groups excluding carboxylic acids is 2. The Morgan fingerprint density at radius 2 is 1.69 bits per heavy atom. The number of amides is 2. The molecule has 1 aliphatic rings. The van der Waals surface area contributed by atoms with Crippen molar-refractivity contribution in [1.82, 2.24) is 15.8 Å². The van der Waals surface area contributed by atoms with E-state index >= 15 is 0 Å². The summed E-state index contributed by atoms with van der Waals surface area (Å²) in [4.78, 5) is 27.4. The van der Waals surface area contributed by atoms with Crippen molar-refractivity contribution in [3.63, 3.8) is 0 Å². The SMILES string of the molecule is O=C(NNC(=O)c1cc2ccc(Cl)cc2[nH]1)c1ccc2c(c1)OCCO2. The highest BCUT2D eigenvalue weighted by atomic mass is 35.5. The van der Waals surface area contributed by atoms with Gasteiger partial charge >= 0.3 is 0 Å². The fourth-order valence-electron chi connectivity index (χ4n) is 2.66. The summed E-state index contributed by atoms with van der Waals surface area (Å²) < 4.78 is 10.9. The highest BCUT2D eigenvalue weighted by molar-refractivity contribution is 6.31. The zero-order chi connectivity index (χ0) is 18.1. The van der Waals surface area contributed by atoms with E-state index in [1.54, 1.807) is 42.5 Å². The zero-order valence-corrected chi connectivity index (χ0v) is 14.2. The fourth-order valence-corrected chi connectivity index (χ4v) is 2.83. The first-order valence-corrected chi connectivity index (χ1v) is 8.26. The lowest BCUT2D eigenvalue weighted by molar-refractivity contribution is 0.0844. The largest absolute Gasteiger partial charge is 0.486 e. The van der Waals surface area contributed by atoms with Crippen molar-refractivity contribution in [2.75, 3.05) is 13.2 Å². The van der Waals surface area contributed by atoms with E-state index in [-0.39, 0.29) is 0 Å². The Balaban J connectivity index is 1.44. The molecule has 0 spiro atoms. The number of ether oxygens (including phenoxy) is 2. The van der Waals surface area contributed by atoms with Crippen LogP contribution < -0.4 is 20.3 Å². The van der Waals surface area contributed by atoms with Gasteiger partial charge in [0, 0.05) is 21.5 Å². The van der Waals surface area contributed by atoms with Crippen molar-refractivity contribution in [3.05, 3.63) is 58.7 Å².